The second kappa shape index (κ2) is 6.85. The number of likely N-dealkylation sites (N-methyl/N-ethyl adjacent to an activating group) is 1. The summed E-state index contributed by atoms with van der Waals surface area (Å²) in [7, 11) is 1.57. The van der Waals surface area contributed by atoms with Crippen LogP contribution in [0.4, 0.5) is 6.01 Å². The van der Waals surface area contributed by atoms with Gasteiger partial charge in [-0.25, -0.2) is 0 Å². The summed E-state index contributed by atoms with van der Waals surface area (Å²) < 4.78 is 5.36. The summed E-state index contributed by atoms with van der Waals surface area (Å²) >= 11 is 0. The van der Waals surface area contributed by atoms with Gasteiger partial charge in [0.25, 0.3) is 0 Å². The van der Waals surface area contributed by atoms with Gasteiger partial charge in [-0.1, -0.05) is 12.0 Å². The average molecular weight is 241 g/mol. The van der Waals surface area contributed by atoms with Gasteiger partial charge in [-0.3, -0.25) is 4.79 Å². The van der Waals surface area contributed by atoms with E-state index < -0.39 is 0 Å². The zero-order valence-electron chi connectivity index (χ0n) is 10.4. The topological polar surface area (TPSA) is 92.1 Å². The fourth-order valence-corrected chi connectivity index (χ4v) is 1.17. The third-order valence-corrected chi connectivity index (χ3v) is 2.19. The SMILES string of the molecule is CCCNC(C)c1nnc(NCC(=O)NC)o1. The van der Waals surface area contributed by atoms with Crippen molar-refractivity contribution in [1.29, 1.82) is 0 Å². The van der Waals surface area contributed by atoms with E-state index in [-0.39, 0.29) is 24.5 Å². The minimum absolute atomic E-state index is 0.0120. The number of hydrogen-bond donors (Lipinski definition) is 3. The second-order valence-corrected chi connectivity index (χ2v) is 3.65. The zero-order chi connectivity index (χ0) is 12.7. The van der Waals surface area contributed by atoms with Crippen molar-refractivity contribution in [3.05, 3.63) is 5.89 Å². The molecule has 0 aromatic carbocycles. The molecule has 0 fully saturated rings. The Balaban J connectivity index is 2.44. The lowest BCUT2D eigenvalue weighted by atomic mass is 10.3. The molecule has 0 aliphatic carbocycles. The van der Waals surface area contributed by atoms with Crippen molar-refractivity contribution in [2.75, 3.05) is 25.5 Å². The highest BCUT2D eigenvalue weighted by Gasteiger charge is 2.13. The van der Waals surface area contributed by atoms with Crippen LogP contribution < -0.4 is 16.0 Å². The minimum Gasteiger partial charge on any atom is -0.406 e. The lowest BCUT2D eigenvalue weighted by molar-refractivity contribution is -0.118. The average Bonchev–Trinajstić information content (AvgIpc) is 2.81. The Morgan fingerprint density at radius 3 is 2.88 bits per heavy atom. The number of nitrogens with one attached hydrogen (secondary N) is 3. The predicted octanol–water partition coefficient (Wildman–Crippen LogP) is 0.288. The van der Waals surface area contributed by atoms with Crippen LogP contribution in [0.2, 0.25) is 0 Å². The fraction of sp³-hybridized carbons (Fsp3) is 0.700. The van der Waals surface area contributed by atoms with Crippen LogP contribution in [0, 0.1) is 0 Å². The molecule has 1 aromatic rings. The molecule has 1 rings (SSSR count). The molecule has 1 heterocycles. The molecule has 96 valence electrons. The number of nitrogens with zero attached hydrogens (tertiary/aromatic N) is 2. The van der Waals surface area contributed by atoms with Crippen molar-refractivity contribution in [1.82, 2.24) is 20.8 Å². The highest BCUT2D eigenvalue weighted by Crippen LogP contribution is 2.13. The molecule has 1 amide bonds. The number of rotatable bonds is 7. The van der Waals surface area contributed by atoms with Gasteiger partial charge in [-0.05, 0) is 19.9 Å². The summed E-state index contributed by atoms with van der Waals surface area (Å²) in [6, 6.07) is 0.270. The number of anilines is 1. The van der Waals surface area contributed by atoms with Gasteiger partial charge in [-0.2, -0.15) is 0 Å². The maximum Gasteiger partial charge on any atom is 0.315 e. The van der Waals surface area contributed by atoms with Crippen LogP contribution >= 0.6 is 0 Å². The molecule has 7 nitrogen and oxygen atoms in total. The summed E-state index contributed by atoms with van der Waals surface area (Å²) in [5.74, 6) is 0.375. The van der Waals surface area contributed by atoms with E-state index in [9.17, 15) is 4.79 Å². The standard InChI is InChI=1S/C10H19N5O2/c1-4-5-12-7(2)9-14-15-10(17-9)13-6-8(16)11-3/h7,12H,4-6H2,1-3H3,(H,11,16)(H,13,15). The molecule has 3 N–H and O–H groups in total. The molecule has 7 heteroatoms. The number of carbonyl (C=O) groups is 1. The molecule has 0 bridgehead atoms. The molecule has 1 aromatic heterocycles. The third-order valence-electron chi connectivity index (χ3n) is 2.19. The van der Waals surface area contributed by atoms with Gasteiger partial charge in [0.1, 0.15) is 0 Å². The summed E-state index contributed by atoms with van der Waals surface area (Å²) in [6.45, 7) is 5.05. The Kier molecular flexibility index (Phi) is 5.41. The van der Waals surface area contributed by atoms with Crippen LogP contribution in [0.15, 0.2) is 4.42 Å². The molecular formula is C10H19N5O2. The molecule has 0 saturated carbocycles. The maximum absolute atomic E-state index is 11.0. The van der Waals surface area contributed by atoms with E-state index in [0.717, 1.165) is 13.0 Å². The largest absolute Gasteiger partial charge is 0.406 e. The van der Waals surface area contributed by atoms with Gasteiger partial charge in [0, 0.05) is 7.05 Å². The van der Waals surface area contributed by atoms with Crippen LogP contribution in [-0.2, 0) is 4.79 Å². The smallest absolute Gasteiger partial charge is 0.315 e. The predicted molar refractivity (Wildman–Crippen MR) is 63.6 cm³/mol. The summed E-state index contributed by atoms with van der Waals surface area (Å²) in [6.07, 6.45) is 1.04. The van der Waals surface area contributed by atoms with Gasteiger partial charge >= 0.3 is 6.01 Å². The molecule has 17 heavy (non-hydrogen) atoms. The van der Waals surface area contributed by atoms with E-state index in [2.05, 4.69) is 33.1 Å². The molecular weight excluding hydrogens is 222 g/mol. The fourth-order valence-electron chi connectivity index (χ4n) is 1.17. The van der Waals surface area contributed by atoms with Crippen molar-refractivity contribution in [2.24, 2.45) is 0 Å². The Morgan fingerprint density at radius 2 is 2.24 bits per heavy atom. The van der Waals surface area contributed by atoms with Crippen molar-refractivity contribution < 1.29 is 9.21 Å². The highest BCUT2D eigenvalue weighted by atomic mass is 16.4. The van der Waals surface area contributed by atoms with E-state index in [1.165, 1.54) is 0 Å². The molecule has 0 aliphatic rings. The quantitative estimate of drug-likeness (QED) is 0.635. The Bertz CT molecular complexity index is 352. The van der Waals surface area contributed by atoms with Crippen molar-refractivity contribution in [3.63, 3.8) is 0 Å². The first-order valence-electron chi connectivity index (χ1n) is 5.68. The van der Waals surface area contributed by atoms with Crippen LogP contribution in [0.3, 0.4) is 0 Å². The van der Waals surface area contributed by atoms with Gasteiger partial charge in [0.15, 0.2) is 0 Å². The summed E-state index contributed by atoms with van der Waals surface area (Å²) in [4.78, 5) is 11.0. The van der Waals surface area contributed by atoms with Crippen molar-refractivity contribution in [2.45, 2.75) is 26.3 Å². The molecule has 0 radical (unpaired) electrons. The maximum atomic E-state index is 11.0. The van der Waals surface area contributed by atoms with Gasteiger partial charge in [-0.15, -0.1) is 5.10 Å². The Morgan fingerprint density at radius 1 is 1.47 bits per heavy atom. The minimum atomic E-state index is -0.137. The molecule has 0 spiro atoms. The van der Waals surface area contributed by atoms with Gasteiger partial charge in [0.05, 0.1) is 12.6 Å². The first-order valence-corrected chi connectivity index (χ1v) is 5.68. The lowest BCUT2D eigenvalue weighted by Gasteiger charge is -2.07. The second-order valence-electron chi connectivity index (χ2n) is 3.65. The zero-order valence-corrected chi connectivity index (χ0v) is 10.4. The lowest BCUT2D eigenvalue weighted by Crippen LogP contribution is -2.26. The third kappa shape index (κ3) is 4.39. The number of aromatic nitrogens is 2. The van der Waals surface area contributed by atoms with Gasteiger partial charge < -0.3 is 20.4 Å². The summed E-state index contributed by atoms with van der Waals surface area (Å²) in [5, 5.41) is 16.2. The Hall–Kier alpha value is -1.63. The number of carbonyl (C=O) groups excluding carboxylic acids is 1. The van der Waals surface area contributed by atoms with E-state index in [0.29, 0.717) is 5.89 Å². The van der Waals surface area contributed by atoms with Gasteiger partial charge in [0.2, 0.25) is 11.8 Å². The van der Waals surface area contributed by atoms with Crippen LogP contribution in [0.25, 0.3) is 0 Å². The monoisotopic (exact) mass is 241 g/mol. The molecule has 1 atom stereocenters. The van der Waals surface area contributed by atoms with Crippen LogP contribution in [0.1, 0.15) is 32.2 Å². The Labute approximate surface area is 100 Å². The van der Waals surface area contributed by atoms with Crippen LogP contribution in [0.5, 0.6) is 0 Å². The summed E-state index contributed by atoms with van der Waals surface area (Å²) in [5.41, 5.74) is 0. The van der Waals surface area contributed by atoms with E-state index in [4.69, 9.17) is 4.42 Å². The van der Waals surface area contributed by atoms with E-state index in [1.807, 2.05) is 6.92 Å². The normalized spacial score (nSPS) is 12.2. The first kappa shape index (κ1) is 13.4. The van der Waals surface area contributed by atoms with Crippen molar-refractivity contribution in [3.8, 4) is 0 Å². The van der Waals surface area contributed by atoms with E-state index in [1.54, 1.807) is 7.05 Å². The van der Waals surface area contributed by atoms with E-state index >= 15 is 0 Å². The molecule has 0 saturated heterocycles. The molecule has 1 unspecified atom stereocenters. The van der Waals surface area contributed by atoms with Crippen LogP contribution in [-0.4, -0.2) is 36.2 Å². The molecule has 0 aliphatic heterocycles. The van der Waals surface area contributed by atoms with Crippen molar-refractivity contribution >= 4 is 11.9 Å². The highest BCUT2D eigenvalue weighted by molar-refractivity contribution is 5.79. The number of hydrogen-bond acceptors (Lipinski definition) is 6. The number of amides is 1. The first-order chi connectivity index (χ1) is 8.17.